The quantitative estimate of drug-likeness (QED) is 0.613. The molecule has 2 saturated heterocycles. The van der Waals surface area contributed by atoms with E-state index in [-0.39, 0.29) is 25.7 Å². The number of carbonyl (C=O) groups excluding carboxylic acids is 1. The van der Waals surface area contributed by atoms with E-state index < -0.39 is 35.9 Å². The van der Waals surface area contributed by atoms with E-state index in [9.17, 15) is 4.79 Å². The molecule has 6 rings (SSSR count). The molecule has 1 N–H and O–H groups in total. The molecular formula is C28H30N2O6. The summed E-state index contributed by atoms with van der Waals surface area (Å²) < 4.78 is 30.0. The highest BCUT2D eigenvalue weighted by atomic mass is 16.8. The van der Waals surface area contributed by atoms with Gasteiger partial charge in [0.15, 0.2) is 11.7 Å². The minimum Gasteiger partial charge on any atom is -0.475 e. The molecule has 4 atom stereocenters. The fourth-order valence-corrected chi connectivity index (χ4v) is 5.69. The molecule has 1 spiro atoms. The highest BCUT2D eigenvalue weighted by Crippen LogP contribution is 2.47. The van der Waals surface area contributed by atoms with E-state index in [1.165, 1.54) is 22.3 Å². The molecule has 3 aliphatic heterocycles. The smallest absolute Gasteiger partial charge is 0.407 e. The Labute approximate surface area is 210 Å². The molecule has 0 saturated carbocycles. The summed E-state index contributed by atoms with van der Waals surface area (Å²) in [5, 5.41) is 2.85. The van der Waals surface area contributed by atoms with Gasteiger partial charge < -0.3 is 29.0 Å². The van der Waals surface area contributed by atoms with Crippen LogP contribution in [0.5, 0.6) is 0 Å². The third kappa shape index (κ3) is 3.89. The molecule has 2 fully saturated rings. The fourth-order valence-electron chi connectivity index (χ4n) is 5.69. The van der Waals surface area contributed by atoms with Gasteiger partial charge >= 0.3 is 6.09 Å². The van der Waals surface area contributed by atoms with Crippen molar-refractivity contribution in [2.75, 3.05) is 19.8 Å². The van der Waals surface area contributed by atoms with Gasteiger partial charge in [0, 0.05) is 18.9 Å². The Morgan fingerprint density at radius 1 is 1.11 bits per heavy atom. The molecule has 2 aromatic rings. The monoisotopic (exact) mass is 490 g/mol. The number of nitrogens with zero attached hydrogens (tertiary/aromatic N) is 1. The second-order valence-electron chi connectivity index (χ2n) is 10.0. The van der Waals surface area contributed by atoms with Crippen LogP contribution in [0, 0.1) is 0 Å². The van der Waals surface area contributed by atoms with Gasteiger partial charge in [0.2, 0.25) is 5.72 Å². The van der Waals surface area contributed by atoms with Gasteiger partial charge in [0.25, 0.3) is 0 Å². The van der Waals surface area contributed by atoms with Crippen LogP contribution in [0.25, 0.3) is 11.1 Å². The van der Waals surface area contributed by atoms with Crippen LogP contribution < -0.4 is 5.32 Å². The molecule has 0 aromatic heterocycles. The number of hydrogen-bond donors (Lipinski definition) is 1. The zero-order valence-corrected chi connectivity index (χ0v) is 20.4. The molecule has 36 heavy (non-hydrogen) atoms. The third-order valence-electron chi connectivity index (χ3n) is 7.17. The van der Waals surface area contributed by atoms with Crippen LogP contribution in [0.4, 0.5) is 4.79 Å². The van der Waals surface area contributed by atoms with Crippen molar-refractivity contribution in [3.63, 3.8) is 0 Å². The van der Waals surface area contributed by atoms with Gasteiger partial charge in [-0.15, -0.1) is 6.58 Å². The first-order valence-corrected chi connectivity index (χ1v) is 12.3. The third-order valence-corrected chi connectivity index (χ3v) is 7.17. The van der Waals surface area contributed by atoms with Crippen LogP contribution in [-0.2, 0) is 23.7 Å². The van der Waals surface area contributed by atoms with Crippen molar-refractivity contribution in [2.24, 2.45) is 4.99 Å². The number of aliphatic imine (C=N–C) groups is 1. The molecule has 8 nitrogen and oxygen atoms in total. The lowest BCUT2D eigenvalue weighted by atomic mass is 9.98. The van der Waals surface area contributed by atoms with Crippen molar-refractivity contribution in [1.29, 1.82) is 0 Å². The summed E-state index contributed by atoms with van der Waals surface area (Å²) in [4.78, 5) is 17.4. The molecule has 0 radical (unpaired) electrons. The van der Waals surface area contributed by atoms with Crippen LogP contribution in [0.1, 0.15) is 37.3 Å². The van der Waals surface area contributed by atoms with E-state index in [0.717, 1.165) is 0 Å². The van der Waals surface area contributed by atoms with Gasteiger partial charge in [-0.2, -0.15) is 0 Å². The Bertz CT molecular complexity index is 1180. The van der Waals surface area contributed by atoms with Crippen molar-refractivity contribution in [3.8, 4) is 11.1 Å². The van der Waals surface area contributed by atoms with Gasteiger partial charge in [0.05, 0.1) is 0 Å². The Morgan fingerprint density at radius 3 is 2.50 bits per heavy atom. The lowest BCUT2D eigenvalue weighted by Crippen LogP contribution is -2.43. The number of ether oxygens (including phenoxy) is 5. The first-order chi connectivity index (χ1) is 17.4. The Hall–Kier alpha value is -3.20. The summed E-state index contributed by atoms with van der Waals surface area (Å²) in [6, 6.07) is 16.5. The molecule has 8 heteroatoms. The van der Waals surface area contributed by atoms with Gasteiger partial charge in [-0.25, -0.2) is 9.79 Å². The highest BCUT2D eigenvalue weighted by molar-refractivity contribution is 5.80. The molecule has 0 bridgehead atoms. The molecule has 4 aliphatic rings. The van der Waals surface area contributed by atoms with Crippen LogP contribution in [0.3, 0.4) is 0 Å². The number of nitrogens with one attached hydrogen (secondary N) is 1. The lowest BCUT2D eigenvalue weighted by Gasteiger charge is -2.27. The number of carbonyl (C=O) groups is 1. The fraction of sp³-hybridized carbons (Fsp3) is 0.429. The molecule has 1 amide bonds. The van der Waals surface area contributed by atoms with Crippen LogP contribution in [0.15, 0.2) is 66.2 Å². The summed E-state index contributed by atoms with van der Waals surface area (Å²) >= 11 is 0. The van der Waals surface area contributed by atoms with Crippen molar-refractivity contribution in [3.05, 3.63) is 72.3 Å². The maximum atomic E-state index is 12.7. The zero-order chi connectivity index (χ0) is 24.9. The van der Waals surface area contributed by atoms with E-state index in [2.05, 4.69) is 41.2 Å². The molecule has 4 unspecified atom stereocenters. The Balaban J connectivity index is 1.11. The van der Waals surface area contributed by atoms with E-state index >= 15 is 0 Å². The summed E-state index contributed by atoms with van der Waals surface area (Å²) in [5.74, 6) is -0.230. The van der Waals surface area contributed by atoms with Crippen molar-refractivity contribution >= 4 is 12.0 Å². The highest BCUT2D eigenvalue weighted by Gasteiger charge is 2.65. The number of benzene rings is 2. The number of rotatable bonds is 6. The van der Waals surface area contributed by atoms with E-state index in [4.69, 9.17) is 23.7 Å². The number of alkyl carbamates (subject to hydrolysis) is 1. The van der Waals surface area contributed by atoms with Gasteiger partial charge in [-0.05, 0) is 36.1 Å². The minimum atomic E-state index is -0.996. The summed E-state index contributed by atoms with van der Waals surface area (Å²) in [6.07, 6.45) is 0.432. The van der Waals surface area contributed by atoms with Gasteiger partial charge in [-0.1, -0.05) is 54.6 Å². The van der Waals surface area contributed by atoms with E-state index in [1.54, 1.807) is 6.08 Å². The predicted octanol–water partition coefficient (Wildman–Crippen LogP) is 4.15. The molecular weight excluding hydrogens is 460 g/mol. The normalized spacial score (nSPS) is 29.3. The number of fused-ring (bicyclic) bond motifs is 5. The number of hydrogen-bond acceptors (Lipinski definition) is 7. The van der Waals surface area contributed by atoms with Gasteiger partial charge in [0.1, 0.15) is 31.5 Å². The lowest BCUT2D eigenvalue weighted by molar-refractivity contribution is -0.208. The first kappa shape index (κ1) is 23.2. The van der Waals surface area contributed by atoms with Crippen LogP contribution >= 0.6 is 0 Å². The van der Waals surface area contributed by atoms with E-state index in [0.29, 0.717) is 12.3 Å². The summed E-state index contributed by atoms with van der Waals surface area (Å²) in [7, 11) is 0. The average Bonchev–Trinajstić information content (AvgIpc) is 3.58. The molecule has 3 heterocycles. The molecule has 2 aromatic carbocycles. The minimum absolute atomic E-state index is 0.000786. The maximum Gasteiger partial charge on any atom is 0.407 e. The number of amides is 1. The standard InChI is InChI=1S/C28H30N2O6/c1-4-9-23-30-28(16-33-23)25-24(35-27(2,3)36-25)22(34-28)14-29-26(31)32-15-21-19-12-7-5-10-17(19)18-11-6-8-13-20(18)21/h4-8,10-13,21-22,24-25H,1,9,14-16H2,2-3H3,(H,29,31). The predicted molar refractivity (Wildman–Crippen MR) is 133 cm³/mol. The zero-order valence-electron chi connectivity index (χ0n) is 20.4. The topological polar surface area (TPSA) is 87.6 Å². The van der Waals surface area contributed by atoms with Crippen molar-refractivity contribution in [2.45, 2.75) is 56.0 Å². The molecule has 188 valence electrons. The largest absolute Gasteiger partial charge is 0.475 e. The second-order valence-corrected chi connectivity index (χ2v) is 10.0. The summed E-state index contributed by atoms with van der Waals surface area (Å²) in [5.41, 5.74) is 3.72. The van der Waals surface area contributed by atoms with Crippen molar-refractivity contribution < 1.29 is 28.5 Å². The maximum absolute atomic E-state index is 12.7. The SMILES string of the molecule is C=CCC1=NC2(CO1)OC(CNC(=O)OCC1c3ccccc3-c3ccccc31)C1OC(C)(C)OC12. The molecule has 1 aliphatic carbocycles. The van der Waals surface area contributed by atoms with Crippen molar-refractivity contribution in [1.82, 2.24) is 5.32 Å². The Kier molecular flexibility index (Phi) is 5.63. The Morgan fingerprint density at radius 2 is 1.81 bits per heavy atom. The first-order valence-electron chi connectivity index (χ1n) is 12.3. The second kappa shape index (κ2) is 8.73. The van der Waals surface area contributed by atoms with Crippen LogP contribution in [-0.4, -0.2) is 61.6 Å². The summed E-state index contributed by atoms with van der Waals surface area (Å²) in [6.45, 7) is 8.15. The average molecular weight is 491 g/mol. The van der Waals surface area contributed by atoms with Gasteiger partial charge in [-0.3, -0.25) is 0 Å². The van der Waals surface area contributed by atoms with Crippen LogP contribution in [0.2, 0.25) is 0 Å². The van der Waals surface area contributed by atoms with E-state index in [1.807, 2.05) is 38.1 Å².